The molecule has 1 heterocycles. The van der Waals surface area contributed by atoms with Gasteiger partial charge in [0.05, 0.1) is 18.6 Å². The monoisotopic (exact) mass is 548 g/mol. The summed E-state index contributed by atoms with van der Waals surface area (Å²) in [6.45, 7) is 1.54. The van der Waals surface area contributed by atoms with Gasteiger partial charge in [0.2, 0.25) is 17.7 Å². The number of aliphatic hydroxyl groups is 1. The van der Waals surface area contributed by atoms with E-state index in [0.29, 0.717) is 24.9 Å². The number of carboxylic acids is 2. The van der Waals surface area contributed by atoms with E-state index in [-0.39, 0.29) is 12.8 Å². The molecule has 5 unspecified atom stereocenters. The van der Waals surface area contributed by atoms with Gasteiger partial charge in [-0.05, 0) is 44.4 Å². The van der Waals surface area contributed by atoms with Crippen molar-refractivity contribution >= 4 is 40.6 Å². The van der Waals surface area contributed by atoms with Crippen LogP contribution in [0.3, 0.4) is 0 Å². The van der Waals surface area contributed by atoms with E-state index >= 15 is 0 Å². The average Bonchev–Trinajstić information content (AvgIpc) is 3.28. The number of rotatable bonds is 16. The number of nitrogens with two attached hydrogens (primary N) is 2. The van der Waals surface area contributed by atoms with Crippen LogP contribution in [0.25, 0.3) is 10.9 Å². The van der Waals surface area contributed by atoms with Gasteiger partial charge in [0.15, 0.2) is 6.04 Å². The topological polar surface area (TPSA) is 250 Å². The Kier molecular flexibility index (Phi) is 11.8. The number of unbranched alkanes of at least 4 members (excludes halogenated alkanes) is 1. The lowest BCUT2D eigenvalue weighted by Gasteiger charge is -2.26. The number of fused-ring (bicyclic) bond motifs is 1. The average molecular weight is 549 g/mol. The van der Waals surface area contributed by atoms with Gasteiger partial charge in [-0.25, -0.2) is 4.79 Å². The quantitative estimate of drug-likeness (QED) is 0.110. The Hall–Kier alpha value is -4.01. The molecule has 0 bridgehead atoms. The van der Waals surface area contributed by atoms with Crippen molar-refractivity contribution < 1.29 is 39.3 Å². The minimum absolute atomic E-state index is 0.0459. The fourth-order valence-electron chi connectivity index (χ4n) is 3.97. The first kappa shape index (κ1) is 31.2. The van der Waals surface area contributed by atoms with Crippen LogP contribution in [0.5, 0.6) is 0 Å². The minimum Gasteiger partial charge on any atom is -0.481 e. The highest BCUT2D eigenvalue weighted by Crippen LogP contribution is 2.19. The normalized spacial score (nSPS) is 15.0. The van der Waals surface area contributed by atoms with E-state index in [0.717, 1.165) is 10.9 Å². The van der Waals surface area contributed by atoms with Gasteiger partial charge >= 0.3 is 11.9 Å². The SMILES string of the molecule is CC(O)C(NC(=O)C(Cc1c[nH]c2ccccc12)NC(=O)C(CCCCN)NC(=O)C(N)CC(=O)O)C(=O)O. The molecule has 1 aromatic carbocycles. The summed E-state index contributed by atoms with van der Waals surface area (Å²) >= 11 is 0. The van der Waals surface area contributed by atoms with Crippen molar-refractivity contribution in [3.8, 4) is 0 Å². The van der Waals surface area contributed by atoms with E-state index in [2.05, 4.69) is 20.9 Å². The number of carboxylic acid groups (broad SMARTS) is 2. The molecule has 0 aliphatic carbocycles. The van der Waals surface area contributed by atoms with Crippen molar-refractivity contribution in [2.24, 2.45) is 11.5 Å². The van der Waals surface area contributed by atoms with Gasteiger partial charge in [0.25, 0.3) is 0 Å². The molecule has 2 aromatic rings. The molecular formula is C25H36N6O8. The summed E-state index contributed by atoms with van der Waals surface area (Å²) in [7, 11) is 0. The van der Waals surface area contributed by atoms with Crippen LogP contribution >= 0.6 is 0 Å². The number of nitrogens with one attached hydrogen (secondary N) is 4. The van der Waals surface area contributed by atoms with Crippen molar-refractivity contribution in [3.05, 3.63) is 36.0 Å². The Morgan fingerprint density at radius 3 is 2.21 bits per heavy atom. The summed E-state index contributed by atoms with van der Waals surface area (Å²) in [6.07, 6.45) is 0.642. The second-order valence-electron chi connectivity index (χ2n) is 9.24. The molecule has 0 saturated carbocycles. The first-order valence-corrected chi connectivity index (χ1v) is 12.5. The summed E-state index contributed by atoms with van der Waals surface area (Å²) in [5, 5.41) is 36.2. The second kappa shape index (κ2) is 14.8. The number of hydrogen-bond acceptors (Lipinski definition) is 8. The van der Waals surface area contributed by atoms with Gasteiger partial charge in [-0.3, -0.25) is 19.2 Å². The maximum absolute atomic E-state index is 13.3. The van der Waals surface area contributed by atoms with Gasteiger partial charge in [0, 0.05) is 23.5 Å². The van der Waals surface area contributed by atoms with Crippen molar-refractivity contribution in [3.63, 3.8) is 0 Å². The molecule has 0 radical (unpaired) electrons. The third kappa shape index (κ3) is 9.35. The lowest BCUT2D eigenvalue weighted by molar-refractivity contribution is -0.145. The lowest BCUT2D eigenvalue weighted by atomic mass is 10.0. The predicted octanol–water partition coefficient (Wildman–Crippen LogP) is -1.44. The van der Waals surface area contributed by atoms with Gasteiger partial charge in [-0.15, -0.1) is 0 Å². The molecule has 3 amide bonds. The molecule has 0 spiro atoms. The number of aromatic nitrogens is 1. The number of aliphatic carboxylic acids is 2. The maximum Gasteiger partial charge on any atom is 0.328 e. The molecule has 5 atom stereocenters. The van der Waals surface area contributed by atoms with Crippen molar-refractivity contribution in [2.75, 3.05) is 6.54 Å². The minimum atomic E-state index is -1.63. The molecule has 0 fully saturated rings. The Bertz CT molecular complexity index is 1170. The van der Waals surface area contributed by atoms with E-state index in [1.807, 2.05) is 18.2 Å². The summed E-state index contributed by atoms with van der Waals surface area (Å²) in [6, 6.07) is 1.75. The zero-order chi connectivity index (χ0) is 29.1. The molecule has 0 aliphatic rings. The van der Waals surface area contributed by atoms with Gasteiger partial charge in [-0.2, -0.15) is 0 Å². The molecule has 14 heteroatoms. The molecular weight excluding hydrogens is 512 g/mol. The number of para-hydroxylation sites is 1. The molecule has 1 aromatic heterocycles. The second-order valence-corrected chi connectivity index (χ2v) is 9.24. The summed E-state index contributed by atoms with van der Waals surface area (Å²) in [5.41, 5.74) is 12.6. The van der Waals surface area contributed by atoms with E-state index in [4.69, 9.17) is 16.6 Å². The number of aliphatic hydroxyl groups excluding tert-OH is 1. The maximum atomic E-state index is 13.3. The molecule has 14 nitrogen and oxygen atoms in total. The van der Waals surface area contributed by atoms with E-state index in [1.165, 1.54) is 6.92 Å². The van der Waals surface area contributed by atoms with Crippen LogP contribution in [0.1, 0.15) is 38.2 Å². The smallest absolute Gasteiger partial charge is 0.328 e. The number of carbonyl (C=O) groups is 5. The molecule has 0 aliphatic heterocycles. The predicted molar refractivity (Wildman–Crippen MR) is 140 cm³/mol. The van der Waals surface area contributed by atoms with Gasteiger partial charge < -0.3 is 47.7 Å². The van der Waals surface area contributed by atoms with Gasteiger partial charge in [-0.1, -0.05) is 18.2 Å². The third-order valence-electron chi connectivity index (χ3n) is 6.09. The van der Waals surface area contributed by atoms with Crippen LogP contribution in [0.4, 0.5) is 0 Å². The van der Waals surface area contributed by atoms with Crippen molar-refractivity contribution in [1.82, 2.24) is 20.9 Å². The van der Waals surface area contributed by atoms with Crippen LogP contribution in [-0.2, 0) is 30.4 Å². The van der Waals surface area contributed by atoms with E-state index < -0.39 is 66.4 Å². The largest absolute Gasteiger partial charge is 0.481 e. The zero-order valence-corrected chi connectivity index (χ0v) is 21.6. The molecule has 0 saturated heterocycles. The molecule has 2 rings (SSSR count). The third-order valence-corrected chi connectivity index (χ3v) is 6.09. The fourth-order valence-corrected chi connectivity index (χ4v) is 3.97. The summed E-state index contributed by atoms with van der Waals surface area (Å²) < 4.78 is 0. The highest BCUT2D eigenvalue weighted by Gasteiger charge is 2.32. The Morgan fingerprint density at radius 1 is 0.949 bits per heavy atom. The number of H-pyrrole nitrogens is 1. The number of carbonyl (C=O) groups excluding carboxylic acids is 3. The van der Waals surface area contributed by atoms with Gasteiger partial charge in [0.1, 0.15) is 12.1 Å². The highest BCUT2D eigenvalue weighted by atomic mass is 16.4. The van der Waals surface area contributed by atoms with Crippen LogP contribution in [0.2, 0.25) is 0 Å². The number of aromatic amines is 1. The van der Waals surface area contributed by atoms with Crippen LogP contribution in [-0.4, -0.2) is 86.8 Å². The van der Waals surface area contributed by atoms with Crippen LogP contribution in [0, 0.1) is 0 Å². The Labute approximate surface area is 224 Å². The lowest BCUT2D eigenvalue weighted by Crippen LogP contribution is -2.58. The van der Waals surface area contributed by atoms with E-state index in [1.54, 1.807) is 12.3 Å². The Morgan fingerprint density at radius 2 is 1.59 bits per heavy atom. The highest BCUT2D eigenvalue weighted by molar-refractivity contribution is 5.95. The zero-order valence-electron chi connectivity index (χ0n) is 21.6. The molecule has 214 valence electrons. The molecule has 39 heavy (non-hydrogen) atoms. The summed E-state index contributed by atoms with van der Waals surface area (Å²) in [4.78, 5) is 64.5. The van der Waals surface area contributed by atoms with Crippen LogP contribution in [0.15, 0.2) is 30.5 Å². The standard InChI is InChI=1S/C25H36N6O8/c1-13(32)21(25(38)39)31-24(37)19(10-14-12-28-17-7-3-2-6-15(14)17)30-23(36)18(8-4-5-9-26)29-22(35)16(27)11-20(33)34/h2-3,6-7,12-13,16,18-19,21,28,32H,4-5,8-11,26-27H2,1H3,(H,29,35)(H,30,36)(H,31,37)(H,33,34)(H,38,39). The van der Waals surface area contributed by atoms with Crippen molar-refractivity contribution in [2.45, 2.75) is 69.3 Å². The number of hydrogen-bond donors (Lipinski definition) is 9. The number of benzene rings is 1. The number of amides is 3. The van der Waals surface area contributed by atoms with Crippen LogP contribution < -0.4 is 27.4 Å². The fraction of sp³-hybridized carbons (Fsp3) is 0.480. The first-order chi connectivity index (χ1) is 18.4. The molecule has 11 N–H and O–H groups in total. The summed E-state index contributed by atoms with van der Waals surface area (Å²) in [5.74, 6) is -5.23. The first-order valence-electron chi connectivity index (χ1n) is 12.5. The Balaban J connectivity index is 2.31. The van der Waals surface area contributed by atoms with Crippen molar-refractivity contribution in [1.29, 1.82) is 0 Å². The van der Waals surface area contributed by atoms with E-state index in [9.17, 15) is 34.2 Å².